The predicted molar refractivity (Wildman–Crippen MR) is 65.2 cm³/mol. The second-order valence-electron chi connectivity index (χ2n) is 5.57. The number of nitrogens with one attached hydrogen (secondary N) is 1. The van der Waals surface area contributed by atoms with E-state index in [1.165, 1.54) is 6.92 Å². The molecule has 1 aliphatic heterocycles. The first-order chi connectivity index (χ1) is 7.40. The van der Waals surface area contributed by atoms with Gasteiger partial charge in [-0.15, -0.1) is 0 Å². The van der Waals surface area contributed by atoms with Gasteiger partial charge in [0.25, 0.3) is 0 Å². The van der Waals surface area contributed by atoms with Crippen LogP contribution < -0.4 is 5.32 Å². The molecular formula is C13H25NO2. The zero-order chi connectivity index (χ0) is 12.3. The summed E-state index contributed by atoms with van der Waals surface area (Å²) in [6.07, 6.45) is 1.99. The van der Waals surface area contributed by atoms with Gasteiger partial charge in [-0.3, -0.25) is 4.79 Å². The van der Waals surface area contributed by atoms with Crippen molar-refractivity contribution in [3.05, 3.63) is 0 Å². The van der Waals surface area contributed by atoms with E-state index in [9.17, 15) is 4.79 Å². The van der Waals surface area contributed by atoms with E-state index >= 15 is 0 Å². The maximum Gasteiger partial charge on any atom is 0.302 e. The molecule has 3 heteroatoms. The van der Waals surface area contributed by atoms with Crippen molar-refractivity contribution in [2.75, 3.05) is 0 Å². The average Bonchev–Trinajstić information content (AvgIpc) is 2.15. The van der Waals surface area contributed by atoms with Crippen molar-refractivity contribution in [3.8, 4) is 0 Å². The van der Waals surface area contributed by atoms with E-state index in [-0.39, 0.29) is 12.1 Å². The van der Waals surface area contributed by atoms with Crippen molar-refractivity contribution in [1.82, 2.24) is 5.32 Å². The monoisotopic (exact) mass is 227 g/mol. The summed E-state index contributed by atoms with van der Waals surface area (Å²) in [5.41, 5.74) is 0. The standard InChI is InChI=1S/C13H25NO2/c1-8(2)12-6-11(16-10(5)15)7-13(14-12)9(3)4/h8-9,11-14H,6-7H2,1-5H3. The first-order valence-corrected chi connectivity index (χ1v) is 6.33. The third-order valence-electron chi connectivity index (χ3n) is 3.40. The topological polar surface area (TPSA) is 38.3 Å². The van der Waals surface area contributed by atoms with Gasteiger partial charge in [-0.2, -0.15) is 0 Å². The van der Waals surface area contributed by atoms with E-state index in [2.05, 4.69) is 33.0 Å². The molecule has 1 fully saturated rings. The van der Waals surface area contributed by atoms with Crippen LogP contribution in [0, 0.1) is 11.8 Å². The van der Waals surface area contributed by atoms with Crippen LogP contribution in [0.3, 0.4) is 0 Å². The van der Waals surface area contributed by atoms with E-state index in [1.54, 1.807) is 0 Å². The molecule has 2 unspecified atom stereocenters. The molecule has 0 bridgehead atoms. The fourth-order valence-electron chi connectivity index (χ4n) is 2.33. The number of hydrogen-bond acceptors (Lipinski definition) is 3. The first kappa shape index (κ1) is 13.5. The fraction of sp³-hybridized carbons (Fsp3) is 0.923. The number of hydrogen-bond donors (Lipinski definition) is 1. The summed E-state index contributed by atoms with van der Waals surface area (Å²) in [5, 5.41) is 3.66. The summed E-state index contributed by atoms with van der Waals surface area (Å²) in [7, 11) is 0. The molecule has 1 saturated heterocycles. The van der Waals surface area contributed by atoms with Gasteiger partial charge in [0.15, 0.2) is 0 Å². The number of piperidine rings is 1. The second kappa shape index (κ2) is 5.67. The highest BCUT2D eigenvalue weighted by atomic mass is 16.5. The van der Waals surface area contributed by atoms with E-state index in [0.717, 1.165) is 12.8 Å². The smallest absolute Gasteiger partial charge is 0.302 e. The van der Waals surface area contributed by atoms with Crippen LogP contribution in [-0.2, 0) is 9.53 Å². The number of carbonyl (C=O) groups excluding carboxylic acids is 1. The number of ether oxygens (including phenoxy) is 1. The molecule has 0 aromatic heterocycles. The third-order valence-corrected chi connectivity index (χ3v) is 3.40. The van der Waals surface area contributed by atoms with Gasteiger partial charge >= 0.3 is 5.97 Å². The lowest BCUT2D eigenvalue weighted by molar-refractivity contribution is -0.149. The average molecular weight is 227 g/mol. The van der Waals surface area contributed by atoms with Gasteiger partial charge < -0.3 is 10.1 Å². The van der Waals surface area contributed by atoms with Crippen LogP contribution in [0.2, 0.25) is 0 Å². The van der Waals surface area contributed by atoms with Crippen molar-refractivity contribution in [1.29, 1.82) is 0 Å². The summed E-state index contributed by atoms with van der Waals surface area (Å²) < 4.78 is 5.37. The van der Waals surface area contributed by atoms with E-state index in [0.29, 0.717) is 23.9 Å². The molecule has 0 spiro atoms. The molecular weight excluding hydrogens is 202 g/mol. The SMILES string of the molecule is CC(=O)OC1CC(C(C)C)NC(C(C)C)C1. The predicted octanol–water partition coefficient (Wildman–Crippen LogP) is 2.35. The van der Waals surface area contributed by atoms with Crippen molar-refractivity contribution < 1.29 is 9.53 Å². The van der Waals surface area contributed by atoms with E-state index in [1.807, 2.05) is 0 Å². The molecule has 0 amide bonds. The highest BCUT2D eigenvalue weighted by molar-refractivity contribution is 5.66. The Hall–Kier alpha value is -0.570. The molecule has 0 aromatic carbocycles. The van der Waals surface area contributed by atoms with Gasteiger partial charge in [0.1, 0.15) is 6.10 Å². The summed E-state index contributed by atoms with van der Waals surface area (Å²) >= 11 is 0. The Bertz CT molecular complexity index is 222. The highest BCUT2D eigenvalue weighted by Crippen LogP contribution is 2.24. The molecule has 0 saturated carbocycles. The molecule has 1 N–H and O–H groups in total. The van der Waals surface area contributed by atoms with Gasteiger partial charge in [-0.25, -0.2) is 0 Å². The Morgan fingerprint density at radius 3 is 1.88 bits per heavy atom. The summed E-state index contributed by atoms with van der Waals surface area (Å²) in [4.78, 5) is 11.0. The Morgan fingerprint density at radius 2 is 1.56 bits per heavy atom. The van der Waals surface area contributed by atoms with E-state index in [4.69, 9.17) is 4.74 Å². The lowest BCUT2D eigenvalue weighted by atomic mass is 9.85. The first-order valence-electron chi connectivity index (χ1n) is 6.33. The summed E-state index contributed by atoms with van der Waals surface area (Å²) in [6.45, 7) is 10.4. The van der Waals surface area contributed by atoms with Gasteiger partial charge in [0.2, 0.25) is 0 Å². The molecule has 0 radical (unpaired) electrons. The molecule has 16 heavy (non-hydrogen) atoms. The number of esters is 1. The zero-order valence-corrected chi connectivity index (χ0v) is 11.1. The van der Waals surface area contributed by atoms with Crippen molar-refractivity contribution >= 4 is 5.97 Å². The molecule has 1 aliphatic rings. The van der Waals surface area contributed by atoms with Crippen LogP contribution in [0.15, 0.2) is 0 Å². The zero-order valence-electron chi connectivity index (χ0n) is 11.1. The lowest BCUT2D eigenvalue weighted by Gasteiger charge is -2.39. The van der Waals surface area contributed by atoms with Crippen LogP contribution in [0.5, 0.6) is 0 Å². The highest BCUT2D eigenvalue weighted by Gasteiger charge is 2.32. The second-order valence-corrected chi connectivity index (χ2v) is 5.57. The van der Waals surface area contributed by atoms with E-state index < -0.39 is 0 Å². The minimum atomic E-state index is -0.156. The fourth-order valence-corrected chi connectivity index (χ4v) is 2.33. The Kier molecular flexibility index (Phi) is 4.78. The maximum atomic E-state index is 11.0. The van der Waals surface area contributed by atoms with Crippen LogP contribution in [0.4, 0.5) is 0 Å². The molecule has 0 aromatic rings. The third kappa shape index (κ3) is 3.78. The molecule has 2 atom stereocenters. The van der Waals surface area contributed by atoms with Crippen molar-refractivity contribution in [2.24, 2.45) is 11.8 Å². The molecule has 94 valence electrons. The maximum absolute atomic E-state index is 11.0. The van der Waals surface area contributed by atoms with Crippen LogP contribution in [0.25, 0.3) is 0 Å². The Labute approximate surface area is 98.9 Å². The van der Waals surface area contributed by atoms with Gasteiger partial charge in [-0.05, 0) is 11.8 Å². The summed E-state index contributed by atoms with van der Waals surface area (Å²) in [6, 6.07) is 0.927. The van der Waals surface area contributed by atoms with Gasteiger partial charge in [0, 0.05) is 31.8 Å². The molecule has 1 heterocycles. The minimum Gasteiger partial charge on any atom is -0.462 e. The molecule has 0 aliphatic carbocycles. The number of rotatable bonds is 3. The Balaban J connectivity index is 2.62. The van der Waals surface area contributed by atoms with Crippen molar-refractivity contribution in [3.63, 3.8) is 0 Å². The quantitative estimate of drug-likeness (QED) is 0.752. The Morgan fingerprint density at radius 1 is 1.12 bits per heavy atom. The largest absolute Gasteiger partial charge is 0.462 e. The van der Waals surface area contributed by atoms with Crippen LogP contribution in [0.1, 0.15) is 47.5 Å². The van der Waals surface area contributed by atoms with Crippen molar-refractivity contribution in [2.45, 2.75) is 65.6 Å². The molecule has 1 rings (SSSR count). The van der Waals surface area contributed by atoms with Crippen LogP contribution in [-0.4, -0.2) is 24.2 Å². The van der Waals surface area contributed by atoms with Gasteiger partial charge in [0.05, 0.1) is 0 Å². The number of carbonyl (C=O) groups is 1. The normalized spacial score (nSPS) is 30.8. The molecule has 3 nitrogen and oxygen atoms in total. The van der Waals surface area contributed by atoms with Crippen LogP contribution >= 0.6 is 0 Å². The van der Waals surface area contributed by atoms with Gasteiger partial charge in [-0.1, -0.05) is 27.7 Å². The summed E-state index contributed by atoms with van der Waals surface area (Å²) in [5.74, 6) is 1.01. The minimum absolute atomic E-state index is 0.0959. The lowest BCUT2D eigenvalue weighted by Crippen LogP contribution is -2.52.